The number of benzene rings is 5. The van der Waals surface area contributed by atoms with Gasteiger partial charge in [0.25, 0.3) is 0 Å². The maximum absolute atomic E-state index is 5.30. The van der Waals surface area contributed by atoms with E-state index in [2.05, 4.69) is 151 Å². The van der Waals surface area contributed by atoms with Gasteiger partial charge in [0.2, 0.25) is 5.95 Å². The van der Waals surface area contributed by atoms with Gasteiger partial charge in [-0.1, -0.05) is 123 Å². The second kappa shape index (κ2) is 10.5. The van der Waals surface area contributed by atoms with E-state index in [1.165, 1.54) is 11.1 Å². The Kier molecular flexibility index (Phi) is 6.09. The Morgan fingerprint density at radius 1 is 0.574 bits per heavy atom. The van der Waals surface area contributed by atoms with Crippen LogP contribution in [-0.2, 0) is 5.41 Å². The fourth-order valence-corrected chi connectivity index (χ4v) is 7.20. The first-order valence-electron chi connectivity index (χ1n) is 16.0. The summed E-state index contributed by atoms with van der Waals surface area (Å²) in [6.07, 6.45) is 1.87. The third-order valence-electron chi connectivity index (χ3n) is 9.44. The standard InChI is InChI=1S/C42H31N5/c1-42(2)32-21-12-13-22-36(32)46(30-19-10-5-11-20-30)40-33(42)25-24-31-38-37(23-14-26-43-38)47(39(31)40)41-44-34(28-15-6-3-7-16-28)27-35(45-41)29-17-8-4-9-18-29/h3-27H,1-2H3. The highest BCUT2D eigenvalue weighted by Crippen LogP contribution is 2.55. The summed E-state index contributed by atoms with van der Waals surface area (Å²) >= 11 is 0. The van der Waals surface area contributed by atoms with Gasteiger partial charge in [-0.2, -0.15) is 0 Å². The minimum Gasteiger partial charge on any atom is -0.308 e. The van der Waals surface area contributed by atoms with Crippen LogP contribution in [-0.4, -0.2) is 19.5 Å². The van der Waals surface area contributed by atoms with Crippen LogP contribution in [0.3, 0.4) is 0 Å². The molecule has 5 nitrogen and oxygen atoms in total. The third-order valence-corrected chi connectivity index (χ3v) is 9.44. The number of aromatic nitrogens is 4. The number of fused-ring (bicyclic) bond motifs is 6. The second-order valence-electron chi connectivity index (χ2n) is 12.5. The molecule has 5 heteroatoms. The number of anilines is 3. The zero-order valence-corrected chi connectivity index (χ0v) is 26.2. The van der Waals surface area contributed by atoms with Gasteiger partial charge in [0.1, 0.15) is 0 Å². The average Bonchev–Trinajstić information content (AvgIpc) is 3.48. The average molecular weight is 606 g/mol. The van der Waals surface area contributed by atoms with Crippen molar-refractivity contribution >= 4 is 39.0 Å². The monoisotopic (exact) mass is 605 g/mol. The Morgan fingerprint density at radius 2 is 1.19 bits per heavy atom. The van der Waals surface area contributed by atoms with Gasteiger partial charge in [-0.05, 0) is 47.5 Å². The molecule has 0 N–H and O–H groups in total. The summed E-state index contributed by atoms with van der Waals surface area (Å²) in [5.41, 5.74) is 12.4. The predicted octanol–water partition coefficient (Wildman–Crippen LogP) is 10.4. The normalized spacial score (nSPS) is 13.4. The van der Waals surface area contributed by atoms with Crippen molar-refractivity contribution < 1.29 is 0 Å². The molecule has 4 heterocycles. The fraction of sp³-hybridized carbons (Fsp3) is 0.0714. The van der Waals surface area contributed by atoms with Crippen molar-refractivity contribution in [3.8, 4) is 28.5 Å². The maximum Gasteiger partial charge on any atom is 0.235 e. The third kappa shape index (κ3) is 4.20. The van der Waals surface area contributed by atoms with E-state index in [1.54, 1.807) is 0 Å². The molecule has 8 aromatic rings. The first-order chi connectivity index (χ1) is 23.1. The first-order valence-corrected chi connectivity index (χ1v) is 16.0. The van der Waals surface area contributed by atoms with Gasteiger partial charge in [-0.15, -0.1) is 0 Å². The van der Waals surface area contributed by atoms with E-state index in [0.29, 0.717) is 5.95 Å². The summed E-state index contributed by atoms with van der Waals surface area (Å²) in [5.74, 6) is 0.608. The molecule has 47 heavy (non-hydrogen) atoms. The molecule has 0 aliphatic carbocycles. The van der Waals surface area contributed by atoms with Gasteiger partial charge in [0.05, 0.1) is 39.3 Å². The lowest BCUT2D eigenvalue weighted by Gasteiger charge is -2.42. The molecule has 0 amide bonds. The Labute approximate surface area is 273 Å². The van der Waals surface area contributed by atoms with Crippen LogP contribution in [0.5, 0.6) is 0 Å². The zero-order chi connectivity index (χ0) is 31.5. The van der Waals surface area contributed by atoms with Crippen LogP contribution in [0.15, 0.2) is 152 Å². The minimum absolute atomic E-state index is 0.262. The lowest BCUT2D eigenvalue weighted by atomic mass is 9.73. The van der Waals surface area contributed by atoms with E-state index >= 15 is 0 Å². The van der Waals surface area contributed by atoms with E-state index < -0.39 is 0 Å². The van der Waals surface area contributed by atoms with E-state index in [9.17, 15) is 0 Å². The van der Waals surface area contributed by atoms with Crippen molar-refractivity contribution in [2.45, 2.75) is 19.3 Å². The van der Waals surface area contributed by atoms with Crippen LogP contribution < -0.4 is 4.90 Å². The molecule has 0 atom stereocenters. The van der Waals surface area contributed by atoms with Crippen molar-refractivity contribution in [2.24, 2.45) is 0 Å². The lowest BCUT2D eigenvalue weighted by Crippen LogP contribution is -2.31. The van der Waals surface area contributed by atoms with E-state index in [-0.39, 0.29) is 5.41 Å². The van der Waals surface area contributed by atoms with Crippen molar-refractivity contribution in [3.05, 3.63) is 163 Å². The summed E-state index contributed by atoms with van der Waals surface area (Å²) in [4.78, 5) is 18.0. The summed E-state index contributed by atoms with van der Waals surface area (Å²) in [6.45, 7) is 4.65. The summed E-state index contributed by atoms with van der Waals surface area (Å²) < 4.78 is 2.23. The molecular formula is C42H31N5. The van der Waals surface area contributed by atoms with Crippen LogP contribution in [0, 0.1) is 0 Å². The van der Waals surface area contributed by atoms with Gasteiger partial charge in [0.15, 0.2) is 0 Å². The Balaban J connectivity index is 1.44. The molecule has 0 unspecified atom stereocenters. The summed E-state index contributed by atoms with van der Waals surface area (Å²) in [5, 5.41) is 1.06. The summed E-state index contributed by atoms with van der Waals surface area (Å²) in [7, 11) is 0. The van der Waals surface area contributed by atoms with Crippen molar-refractivity contribution in [2.75, 3.05) is 4.90 Å². The second-order valence-corrected chi connectivity index (χ2v) is 12.5. The van der Waals surface area contributed by atoms with E-state index in [1.807, 2.05) is 24.4 Å². The molecule has 9 rings (SSSR count). The Bertz CT molecular complexity index is 2370. The minimum atomic E-state index is -0.262. The molecule has 3 aromatic heterocycles. The molecule has 0 bridgehead atoms. The molecule has 5 aromatic carbocycles. The van der Waals surface area contributed by atoms with Crippen molar-refractivity contribution in [1.82, 2.24) is 19.5 Å². The number of nitrogens with zero attached hydrogens (tertiary/aromatic N) is 5. The van der Waals surface area contributed by atoms with Crippen LogP contribution in [0.2, 0.25) is 0 Å². The molecule has 0 fully saturated rings. The van der Waals surface area contributed by atoms with Gasteiger partial charge in [-0.25, -0.2) is 9.97 Å². The zero-order valence-electron chi connectivity index (χ0n) is 26.2. The van der Waals surface area contributed by atoms with Gasteiger partial charge >= 0.3 is 0 Å². The van der Waals surface area contributed by atoms with Crippen molar-refractivity contribution in [3.63, 3.8) is 0 Å². The van der Waals surface area contributed by atoms with Gasteiger partial charge < -0.3 is 4.90 Å². The molecule has 0 radical (unpaired) electrons. The SMILES string of the molecule is CC1(C)c2ccccc2N(c2ccccc2)c2c1ccc1c3ncccc3n(-c3nc(-c4ccccc4)cc(-c4ccccc4)n3)c21. The predicted molar refractivity (Wildman–Crippen MR) is 192 cm³/mol. The number of hydrogen-bond donors (Lipinski definition) is 0. The Morgan fingerprint density at radius 3 is 1.87 bits per heavy atom. The van der Waals surface area contributed by atoms with E-state index in [0.717, 1.165) is 61.5 Å². The number of para-hydroxylation sites is 2. The van der Waals surface area contributed by atoms with E-state index in [4.69, 9.17) is 15.0 Å². The summed E-state index contributed by atoms with van der Waals surface area (Å²) in [6, 6.07) is 50.8. The van der Waals surface area contributed by atoms with Crippen molar-refractivity contribution in [1.29, 1.82) is 0 Å². The number of pyridine rings is 1. The van der Waals surface area contributed by atoms with Crippen LogP contribution in [0.25, 0.3) is 50.4 Å². The van der Waals surface area contributed by atoms with Gasteiger partial charge in [-0.3, -0.25) is 9.55 Å². The quantitative estimate of drug-likeness (QED) is 0.200. The smallest absolute Gasteiger partial charge is 0.235 e. The van der Waals surface area contributed by atoms with Crippen LogP contribution in [0.4, 0.5) is 17.1 Å². The molecule has 0 saturated heterocycles. The first kappa shape index (κ1) is 27.3. The highest BCUT2D eigenvalue weighted by atomic mass is 15.2. The largest absolute Gasteiger partial charge is 0.308 e. The maximum atomic E-state index is 5.30. The van der Waals surface area contributed by atoms with Gasteiger partial charge in [0, 0.05) is 33.8 Å². The molecule has 0 spiro atoms. The molecule has 1 aliphatic rings. The highest BCUT2D eigenvalue weighted by Gasteiger charge is 2.39. The molecule has 0 saturated carbocycles. The molecular weight excluding hydrogens is 574 g/mol. The topological polar surface area (TPSA) is 46.8 Å². The molecule has 224 valence electrons. The number of rotatable bonds is 4. The molecule has 1 aliphatic heterocycles. The fourth-order valence-electron chi connectivity index (χ4n) is 7.20. The van der Waals surface area contributed by atoms with Crippen LogP contribution in [0.1, 0.15) is 25.0 Å². The lowest BCUT2D eigenvalue weighted by molar-refractivity contribution is 0.632. The number of hydrogen-bond acceptors (Lipinski definition) is 4. The Hall–Kier alpha value is -6.07. The highest BCUT2D eigenvalue weighted by molar-refractivity contribution is 6.14. The van der Waals surface area contributed by atoms with Crippen LogP contribution >= 0.6 is 0 Å².